The van der Waals surface area contributed by atoms with E-state index >= 15 is 0 Å². The van der Waals surface area contributed by atoms with Crippen LogP contribution in [0, 0.1) is 19.8 Å². The first kappa shape index (κ1) is 8.61. The molecular weight excluding hydrogens is 160 g/mol. The Labute approximate surface area is 79.7 Å². The number of aryl methyl sites for hydroxylation is 1. The van der Waals surface area contributed by atoms with Crippen molar-refractivity contribution in [3.05, 3.63) is 29.3 Å². The van der Waals surface area contributed by atoms with Crippen LogP contribution >= 0.6 is 0 Å². The van der Waals surface area contributed by atoms with Gasteiger partial charge >= 0.3 is 0 Å². The van der Waals surface area contributed by atoms with Gasteiger partial charge in [0.2, 0.25) is 0 Å². The zero-order valence-corrected chi connectivity index (χ0v) is 8.34. The summed E-state index contributed by atoms with van der Waals surface area (Å²) in [6.07, 6.45) is 2.70. The molecule has 0 bridgehead atoms. The van der Waals surface area contributed by atoms with E-state index < -0.39 is 0 Å². The summed E-state index contributed by atoms with van der Waals surface area (Å²) in [4.78, 5) is 0. The summed E-state index contributed by atoms with van der Waals surface area (Å²) in [5, 5.41) is 0. The normalized spacial score (nSPS) is 15.8. The molecule has 0 aliphatic heterocycles. The summed E-state index contributed by atoms with van der Waals surface area (Å²) >= 11 is 0. The van der Waals surface area contributed by atoms with Crippen molar-refractivity contribution in [2.75, 3.05) is 6.61 Å². The Hall–Kier alpha value is -0.980. The van der Waals surface area contributed by atoms with E-state index in [2.05, 4.69) is 32.0 Å². The highest BCUT2D eigenvalue weighted by atomic mass is 16.5. The van der Waals surface area contributed by atoms with Gasteiger partial charge in [0, 0.05) is 0 Å². The lowest BCUT2D eigenvalue weighted by Crippen LogP contribution is -2.00. The highest BCUT2D eigenvalue weighted by Gasteiger charge is 2.22. The van der Waals surface area contributed by atoms with Crippen LogP contribution in [0.25, 0.3) is 0 Å². The molecule has 70 valence electrons. The van der Waals surface area contributed by atoms with Crippen molar-refractivity contribution in [2.45, 2.75) is 26.7 Å². The number of hydrogen-bond acceptors (Lipinski definition) is 1. The van der Waals surface area contributed by atoms with Gasteiger partial charge in [-0.25, -0.2) is 0 Å². The summed E-state index contributed by atoms with van der Waals surface area (Å²) in [5.74, 6) is 1.90. The Morgan fingerprint density at radius 3 is 2.77 bits per heavy atom. The predicted molar refractivity (Wildman–Crippen MR) is 54.1 cm³/mol. The minimum absolute atomic E-state index is 0.833. The fraction of sp³-hybridized carbons (Fsp3) is 0.500. The molecule has 0 unspecified atom stereocenters. The Balaban J connectivity index is 2.05. The molecule has 1 heteroatoms. The Morgan fingerprint density at radius 1 is 1.31 bits per heavy atom. The lowest BCUT2D eigenvalue weighted by Gasteiger charge is -2.09. The molecule has 1 aliphatic rings. The molecule has 0 radical (unpaired) electrons. The maximum atomic E-state index is 5.74. The van der Waals surface area contributed by atoms with Gasteiger partial charge in [0.05, 0.1) is 6.61 Å². The molecule has 0 aromatic heterocycles. The van der Waals surface area contributed by atoms with E-state index in [-0.39, 0.29) is 0 Å². The molecule has 0 saturated heterocycles. The first-order chi connectivity index (χ1) is 6.27. The van der Waals surface area contributed by atoms with E-state index in [0.29, 0.717) is 0 Å². The topological polar surface area (TPSA) is 9.23 Å². The third kappa shape index (κ3) is 2.03. The fourth-order valence-corrected chi connectivity index (χ4v) is 1.37. The smallest absolute Gasteiger partial charge is 0.122 e. The van der Waals surface area contributed by atoms with Gasteiger partial charge in [-0.15, -0.1) is 0 Å². The van der Waals surface area contributed by atoms with Crippen molar-refractivity contribution in [1.82, 2.24) is 0 Å². The SMILES string of the molecule is Cc1cccc(OCC2CC2)c1C. The van der Waals surface area contributed by atoms with Crippen LogP contribution in [-0.2, 0) is 0 Å². The third-order valence-electron chi connectivity index (χ3n) is 2.73. The van der Waals surface area contributed by atoms with Crippen molar-refractivity contribution in [2.24, 2.45) is 5.92 Å². The zero-order valence-electron chi connectivity index (χ0n) is 8.34. The van der Waals surface area contributed by atoms with Gasteiger partial charge in [-0.1, -0.05) is 12.1 Å². The molecule has 0 spiro atoms. The van der Waals surface area contributed by atoms with Crippen LogP contribution in [0.3, 0.4) is 0 Å². The molecule has 1 aromatic carbocycles. The molecule has 1 aromatic rings. The lowest BCUT2D eigenvalue weighted by atomic mass is 10.1. The molecular formula is C12H16O. The van der Waals surface area contributed by atoms with Crippen LogP contribution in [0.4, 0.5) is 0 Å². The Kier molecular flexibility index (Phi) is 2.26. The second kappa shape index (κ2) is 3.41. The van der Waals surface area contributed by atoms with Crippen LogP contribution in [0.5, 0.6) is 5.75 Å². The van der Waals surface area contributed by atoms with Gasteiger partial charge in [-0.2, -0.15) is 0 Å². The van der Waals surface area contributed by atoms with Crippen LogP contribution in [-0.4, -0.2) is 6.61 Å². The van der Waals surface area contributed by atoms with Crippen molar-refractivity contribution in [3.63, 3.8) is 0 Å². The standard InChI is InChI=1S/C12H16O/c1-9-4-3-5-12(10(9)2)13-8-11-6-7-11/h3-5,11H,6-8H2,1-2H3. The van der Waals surface area contributed by atoms with Gasteiger partial charge in [0.25, 0.3) is 0 Å². The molecule has 0 atom stereocenters. The number of benzene rings is 1. The average Bonchev–Trinajstić information content (AvgIpc) is 2.91. The van der Waals surface area contributed by atoms with Gasteiger partial charge in [0.15, 0.2) is 0 Å². The zero-order chi connectivity index (χ0) is 9.26. The van der Waals surface area contributed by atoms with E-state index in [1.165, 1.54) is 24.0 Å². The predicted octanol–water partition coefficient (Wildman–Crippen LogP) is 3.09. The highest BCUT2D eigenvalue weighted by Crippen LogP contribution is 2.30. The van der Waals surface area contributed by atoms with Crippen LogP contribution in [0.15, 0.2) is 18.2 Å². The number of rotatable bonds is 3. The van der Waals surface area contributed by atoms with Gasteiger partial charge in [-0.05, 0) is 49.8 Å². The molecule has 2 rings (SSSR count). The first-order valence-corrected chi connectivity index (χ1v) is 4.96. The highest BCUT2D eigenvalue weighted by molar-refractivity contribution is 5.38. The van der Waals surface area contributed by atoms with Crippen LogP contribution in [0.2, 0.25) is 0 Å². The van der Waals surface area contributed by atoms with E-state index in [0.717, 1.165) is 18.3 Å². The molecule has 0 N–H and O–H groups in total. The maximum absolute atomic E-state index is 5.74. The van der Waals surface area contributed by atoms with Crippen molar-refractivity contribution < 1.29 is 4.74 Å². The molecule has 1 nitrogen and oxygen atoms in total. The van der Waals surface area contributed by atoms with Gasteiger partial charge < -0.3 is 4.74 Å². The van der Waals surface area contributed by atoms with Gasteiger partial charge in [0.1, 0.15) is 5.75 Å². The minimum atomic E-state index is 0.833. The summed E-state index contributed by atoms with van der Waals surface area (Å²) < 4.78 is 5.74. The van der Waals surface area contributed by atoms with Gasteiger partial charge in [-0.3, -0.25) is 0 Å². The second-order valence-electron chi connectivity index (χ2n) is 3.95. The number of ether oxygens (including phenoxy) is 1. The van der Waals surface area contributed by atoms with Crippen molar-refractivity contribution >= 4 is 0 Å². The van der Waals surface area contributed by atoms with E-state index in [1.54, 1.807) is 0 Å². The summed E-state index contributed by atoms with van der Waals surface area (Å²) in [7, 11) is 0. The summed E-state index contributed by atoms with van der Waals surface area (Å²) in [6, 6.07) is 6.24. The lowest BCUT2D eigenvalue weighted by molar-refractivity contribution is 0.297. The largest absolute Gasteiger partial charge is 0.493 e. The Bertz CT molecular complexity index is 300. The fourth-order valence-electron chi connectivity index (χ4n) is 1.37. The Morgan fingerprint density at radius 2 is 2.08 bits per heavy atom. The molecule has 1 saturated carbocycles. The van der Waals surface area contributed by atoms with Crippen molar-refractivity contribution in [1.29, 1.82) is 0 Å². The molecule has 0 amide bonds. The first-order valence-electron chi connectivity index (χ1n) is 4.96. The maximum Gasteiger partial charge on any atom is 0.122 e. The summed E-state index contributed by atoms with van der Waals surface area (Å²) in [5.41, 5.74) is 2.59. The quantitative estimate of drug-likeness (QED) is 0.687. The third-order valence-corrected chi connectivity index (χ3v) is 2.73. The molecule has 1 aliphatic carbocycles. The second-order valence-corrected chi connectivity index (χ2v) is 3.95. The van der Waals surface area contributed by atoms with E-state index in [1.807, 2.05) is 0 Å². The number of hydrogen-bond donors (Lipinski definition) is 0. The van der Waals surface area contributed by atoms with Crippen LogP contribution in [0.1, 0.15) is 24.0 Å². The molecule has 1 fully saturated rings. The van der Waals surface area contributed by atoms with E-state index in [9.17, 15) is 0 Å². The van der Waals surface area contributed by atoms with Crippen molar-refractivity contribution in [3.8, 4) is 5.75 Å². The van der Waals surface area contributed by atoms with E-state index in [4.69, 9.17) is 4.74 Å². The monoisotopic (exact) mass is 176 g/mol. The summed E-state index contributed by atoms with van der Waals surface area (Å²) in [6.45, 7) is 5.15. The minimum Gasteiger partial charge on any atom is -0.493 e. The molecule has 0 heterocycles. The molecule has 13 heavy (non-hydrogen) atoms. The van der Waals surface area contributed by atoms with Crippen LogP contribution < -0.4 is 4.74 Å². The average molecular weight is 176 g/mol.